The van der Waals surface area contributed by atoms with E-state index in [0.717, 1.165) is 37.0 Å². The van der Waals surface area contributed by atoms with Gasteiger partial charge in [0, 0.05) is 33.2 Å². The first kappa shape index (κ1) is 21.5. The standard InChI is InChI=1S/C23H30ClN5O3/c1-26(2)19-12-15(14-3-4-14)11-18-21(24)22(25-29(18)19)23(32)27-9-10-28(20(31)13-27)16-5-7-17(30)8-6-16/h11-12,14,16-17,30H,3-10,13H2,1-2H3. The molecule has 2 aromatic heterocycles. The number of hydrogen-bond donors (Lipinski definition) is 1. The lowest BCUT2D eigenvalue weighted by molar-refractivity contribution is -0.138. The summed E-state index contributed by atoms with van der Waals surface area (Å²) >= 11 is 6.68. The largest absolute Gasteiger partial charge is 0.393 e. The maximum atomic E-state index is 13.3. The minimum absolute atomic E-state index is 0.0376. The van der Waals surface area contributed by atoms with E-state index >= 15 is 0 Å². The van der Waals surface area contributed by atoms with Crippen LogP contribution in [-0.2, 0) is 4.79 Å². The second kappa shape index (κ2) is 8.23. The molecule has 9 heteroatoms. The molecule has 32 heavy (non-hydrogen) atoms. The summed E-state index contributed by atoms with van der Waals surface area (Å²) in [5, 5.41) is 14.7. The molecule has 0 atom stereocenters. The van der Waals surface area contributed by atoms with Gasteiger partial charge in [-0.15, -0.1) is 0 Å². The van der Waals surface area contributed by atoms with Crippen molar-refractivity contribution in [2.45, 2.75) is 56.6 Å². The highest BCUT2D eigenvalue weighted by atomic mass is 35.5. The molecule has 0 spiro atoms. The molecule has 3 fully saturated rings. The number of carbonyl (C=O) groups excluding carboxylic acids is 2. The number of halogens is 1. The number of fused-ring (bicyclic) bond motifs is 1. The fourth-order valence-electron chi connectivity index (χ4n) is 4.99. The molecule has 3 heterocycles. The number of pyridine rings is 1. The van der Waals surface area contributed by atoms with E-state index in [4.69, 9.17) is 11.6 Å². The number of anilines is 1. The van der Waals surface area contributed by atoms with Crippen molar-refractivity contribution in [3.8, 4) is 0 Å². The molecule has 1 saturated heterocycles. The number of nitrogens with zero attached hydrogens (tertiary/aromatic N) is 5. The summed E-state index contributed by atoms with van der Waals surface area (Å²) in [6.07, 6.45) is 5.18. The number of aliphatic hydroxyl groups excluding tert-OH is 1. The first-order valence-electron chi connectivity index (χ1n) is 11.5. The SMILES string of the molecule is CN(C)c1cc(C2CC2)cc2c(Cl)c(C(=O)N3CCN(C4CCC(O)CC4)C(=O)C3)nn12. The smallest absolute Gasteiger partial charge is 0.276 e. The number of rotatable bonds is 4. The van der Waals surface area contributed by atoms with Gasteiger partial charge < -0.3 is 19.8 Å². The molecule has 5 rings (SSSR count). The van der Waals surface area contributed by atoms with E-state index < -0.39 is 0 Å². The van der Waals surface area contributed by atoms with Crippen molar-refractivity contribution in [2.75, 3.05) is 38.6 Å². The van der Waals surface area contributed by atoms with Crippen molar-refractivity contribution >= 4 is 34.7 Å². The summed E-state index contributed by atoms with van der Waals surface area (Å²) in [4.78, 5) is 31.6. The molecule has 8 nitrogen and oxygen atoms in total. The van der Waals surface area contributed by atoms with E-state index in [-0.39, 0.29) is 36.2 Å². The van der Waals surface area contributed by atoms with Crippen LogP contribution in [0.3, 0.4) is 0 Å². The molecule has 0 unspecified atom stereocenters. The zero-order valence-corrected chi connectivity index (χ0v) is 19.4. The third-order valence-electron chi connectivity index (χ3n) is 7.04. The lowest BCUT2D eigenvalue weighted by Gasteiger charge is -2.41. The second-order valence-corrected chi connectivity index (χ2v) is 9.93. The Kier molecular flexibility index (Phi) is 5.53. The Labute approximate surface area is 192 Å². The van der Waals surface area contributed by atoms with Gasteiger partial charge in [0.15, 0.2) is 5.69 Å². The normalized spacial score (nSPS) is 24.3. The van der Waals surface area contributed by atoms with Crippen molar-refractivity contribution in [1.29, 1.82) is 0 Å². The van der Waals surface area contributed by atoms with Gasteiger partial charge >= 0.3 is 0 Å². The highest BCUT2D eigenvalue weighted by molar-refractivity contribution is 6.37. The Bertz CT molecular complexity index is 1060. The van der Waals surface area contributed by atoms with Crippen molar-refractivity contribution in [1.82, 2.24) is 19.4 Å². The predicted molar refractivity (Wildman–Crippen MR) is 122 cm³/mol. The minimum Gasteiger partial charge on any atom is -0.393 e. The molecule has 1 N–H and O–H groups in total. The molecule has 2 aliphatic carbocycles. The highest BCUT2D eigenvalue weighted by Gasteiger charge is 2.35. The summed E-state index contributed by atoms with van der Waals surface area (Å²) in [5.74, 6) is 1.08. The van der Waals surface area contributed by atoms with E-state index in [1.807, 2.05) is 30.0 Å². The Morgan fingerprint density at radius 1 is 1.12 bits per heavy atom. The van der Waals surface area contributed by atoms with E-state index in [2.05, 4.69) is 11.2 Å². The highest BCUT2D eigenvalue weighted by Crippen LogP contribution is 2.42. The summed E-state index contributed by atoms with van der Waals surface area (Å²) in [7, 11) is 3.90. The summed E-state index contributed by atoms with van der Waals surface area (Å²) in [6.45, 7) is 1.00. The molecule has 2 aromatic rings. The van der Waals surface area contributed by atoms with Crippen LogP contribution < -0.4 is 4.90 Å². The Balaban J connectivity index is 1.38. The van der Waals surface area contributed by atoms with Gasteiger partial charge in [0.05, 0.1) is 16.6 Å². The van der Waals surface area contributed by atoms with Crippen LogP contribution in [0.1, 0.15) is 60.5 Å². The van der Waals surface area contributed by atoms with Gasteiger partial charge in [-0.1, -0.05) is 11.6 Å². The van der Waals surface area contributed by atoms with Gasteiger partial charge in [-0.25, -0.2) is 4.52 Å². The summed E-state index contributed by atoms with van der Waals surface area (Å²) in [5.41, 5.74) is 2.15. The van der Waals surface area contributed by atoms with Crippen LogP contribution >= 0.6 is 11.6 Å². The molecular weight excluding hydrogens is 430 g/mol. The van der Waals surface area contributed by atoms with Crippen molar-refractivity contribution in [3.05, 3.63) is 28.4 Å². The summed E-state index contributed by atoms with van der Waals surface area (Å²) < 4.78 is 1.73. The third-order valence-corrected chi connectivity index (χ3v) is 7.41. The van der Waals surface area contributed by atoms with Crippen LogP contribution in [-0.4, -0.2) is 82.2 Å². The molecule has 0 radical (unpaired) electrons. The fourth-order valence-corrected chi connectivity index (χ4v) is 5.25. The maximum Gasteiger partial charge on any atom is 0.276 e. The van der Waals surface area contributed by atoms with Crippen LogP contribution in [0.4, 0.5) is 5.82 Å². The Morgan fingerprint density at radius 3 is 2.47 bits per heavy atom. The quantitative estimate of drug-likeness (QED) is 0.759. The van der Waals surface area contributed by atoms with Crippen LogP contribution in [0.2, 0.25) is 5.02 Å². The maximum absolute atomic E-state index is 13.3. The van der Waals surface area contributed by atoms with Crippen molar-refractivity contribution in [3.63, 3.8) is 0 Å². The number of piperazine rings is 1. The lowest BCUT2D eigenvalue weighted by atomic mass is 9.91. The van der Waals surface area contributed by atoms with E-state index in [0.29, 0.717) is 24.0 Å². The average molecular weight is 460 g/mol. The molecule has 0 bridgehead atoms. The van der Waals surface area contributed by atoms with E-state index in [1.54, 1.807) is 9.42 Å². The molecule has 2 saturated carbocycles. The van der Waals surface area contributed by atoms with Crippen LogP contribution in [0.25, 0.3) is 5.52 Å². The fraction of sp³-hybridized carbons (Fsp3) is 0.609. The lowest BCUT2D eigenvalue weighted by Crippen LogP contribution is -2.56. The van der Waals surface area contributed by atoms with E-state index in [9.17, 15) is 14.7 Å². The van der Waals surface area contributed by atoms with Crippen molar-refractivity contribution in [2.24, 2.45) is 0 Å². The van der Waals surface area contributed by atoms with Crippen LogP contribution in [0.5, 0.6) is 0 Å². The number of aliphatic hydroxyl groups is 1. The summed E-state index contributed by atoms with van der Waals surface area (Å²) in [6, 6.07) is 4.31. The zero-order valence-electron chi connectivity index (χ0n) is 18.6. The van der Waals surface area contributed by atoms with Crippen LogP contribution in [0, 0.1) is 0 Å². The van der Waals surface area contributed by atoms with Gasteiger partial charge in [-0.05, 0) is 62.1 Å². The zero-order chi connectivity index (χ0) is 22.6. The van der Waals surface area contributed by atoms with Gasteiger partial charge in [0.25, 0.3) is 5.91 Å². The van der Waals surface area contributed by atoms with Gasteiger partial charge in [-0.3, -0.25) is 9.59 Å². The predicted octanol–water partition coefficient (Wildman–Crippen LogP) is 2.52. The van der Waals surface area contributed by atoms with Crippen molar-refractivity contribution < 1.29 is 14.7 Å². The number of carbonyl (C=O) groups is 2. The first-order valence-corrected chi connectivity index (χ1v) is 11.9. The molecule has 1 aliphatic heterocycles. The van der Waals surface area contributed by atoms with Gasteiger partial charge in [-0.2, -0.15) is 5.10 Å². The minimum atomic E-state index is -0.302. The molecule has 172 valence electrons. The van der Waals surface area contributed by atoms with Gasteiger partial charge in [0.1, 0.15) is 12.4 Å². The number of aromatic nitrogens is 2. The molecular formula is C23H30ClN5O3. The molecule has 3 aliphatic rings. The number of hydrogen-bond acceptors (Lipinski definition) is 5. The van der Waals surface area contributed by atoms with Gasteiger partial charge in [0.2, 0.25) is 5.91 Å². The molecule has 2 amide bonds. The Hall–Kier alpha value is -2.32. The van der Waals surface area contributed by atoms with E-state index in [1.165, 1.54) is 18.4 Å². The Morgan fingerprint density at radius 2 is 1.84 bits per heavy atom. The topological polar surface area (TPSA) is 81.4 Å². The third kappa shape index (κ3) is 3.83. The van der Waals surface area contributed by atoms with Crippen LogP contribution in [0.15, 0.2) is 12.1 Å². The number of amides is 2. The average Bonchev–Trinajstić information content (AvgIpc) is 3.57. The second-order valence-electron chi connectivity index (χ2n) is 9.55. The monoisotopic (exact) mass is 459 g/mol. The molecule has 0 aromatic carbocycles. The first-order chi connectivity index (χ1) is 15.3.